The Morgan fingerprint density at radius 3 is 2.48 bits per heavy atom. The number of aryl methyl sites for hydroxylation is 2. The van der Waals surface area contributed by atoms with E-state index in [1.54, 1.807) is 25.1 Å². The molecule has 27 heavy (non-hydrogen) atoms. The fraction of sp³-hybridized carbons (Fsp3) is 0.190. The highest BCUT2D eigenvalue weighted by Gasteiger charge is 2.15. The minimum absolute atomic E-state index is 0.192. The molecule has 3 aromatic rings. The van der Waals surface area contributed by atoms with Crippen LogP contribution in [0.3, 0.4) is 0 Å². The van der Waals surface area contributed by atoms with Crippen LogP contribution in [0, 0.1) is 13.8 Å². The summed E-state index contributed by atoms with van der Waals surface area (Å²) in [7, 11) is 1.52. The number of nitrogens with zero attached hydrogens (tertiary/aromatic N) is 1. The number of aromatic nitrogens is 1. The topological polar surface area (TPSA) is 80.3 Å². The Hall–Kier alpha value is -3.41. The third-order valence-electron chi connectivity index (χ3n) is 4.17. The molecule has 1 heterocycles. The number of nitrogens with one attached hydrogen (secondary N) is 2. The number of anilines is 2. The minimum Gasteiger partial charge on any atom is -0.495 e. The molecule has 2 amide bonds. The first-order valence-corrected chi connectivity index (χ1v) is 8.52. The molecular weight excluding hydrogens is 342 g/mol. The van der Waals surface area contributed by atoms with E-state index in [2.05, 4.69) is 15.6 Å². The second kappa shape index (κ2) is 7.45. The molecule has 0 aliphatic carbocycles. The summed E-state index contributed by atoms with van der Waals surface area (Å²) in [6, 6.07) is 12.8. The van der Waals surface area contributed by atoms with E-state index < -0.39 is 0 Å². The minimum atomic E-state index is -0.290. The van der Waals surface area contributed by atoms with Crippen LogP contribution < -0.4 is 15.4 Å². The zero-order valence-corrected chi connectivity index (χ0v) is 15.7. The van der Waals surface area contributed by atoms with Gasteiger partial charge in [-0.05, 0) is 50.2 Å². The average molecular weight is 363 g/mol. The van der Waals surface area contributed by atoms with Crippen molar-refractivity contribution in [3.8, 4) is 5.75 Å². The van der Waals surface area contributed by atoms with Gasteiger partial charge in [0.2, 0.25) is 5.91 Å². The lowest BCUT2D eigenvalue weighted by atomic mass is 10.1. The quantitative estimate of drug-likeness (QED) is 0.732. The van der Waals surface area contributed by atoms with Crippen molar-refractivity contribution >= 4 is 34.1 Å². The van der Waals surface area contributed by atoms with Crippen LogP contribution in [0.5, 0.6) is 5.75 Å². The van der Waals surface area contributed by atoms with Crippen LogP contribution in [-0.2, 0) is 4.79 Å². The second-order valence-electron chi connectivity index (χ2n) is 6.37. The van der Waals surface area contributed by atoms with Gasteiger partial charge in [-0.3, -0.25) is 14.6 Å². The number of benzene rings is 2. The van der Waals surface area contributed by atoms with E-state index in [1.165, 1.54) is 14.0 Å². The molecule has 2 aromatic carbocycles. The predicted molar refractivity (Wildman–Crippen MR) is 106 cm³/mol. The number of hydrogen-bond donors (Lipinski definition) is 2. The summed E-state index contributed by atoms with van der Waals surface area (Å²) in [5.74, 6) is 0.0174. The molecule has 0 fully saturated rings. The lowest BCUT2D eigenvalue weighted by Crippen LogP contribution is -2.15. The fourth-order valence-corrected chi connectivity index (χ4v) is 2.90. The van der Waals surface area contributed by atoms with Gasteiger partial charge in [0, 0.05) is 18.0 Å². The van der Waals surface area contributed by atoms with Gasteiger partial charge in [0.25, 0.3) is 5.91 Å². The molecule has 0 bridgehead atoms. The van der Waals surface area contributed by atoms with Crippen molar-refractivity contribution in [1.82, 2.24) is 4.98 Å². The number of carbonyl (C=O) groups is 2. The van der Waals surface area contributed by atoms with Crippen molar-refractivity contribution in [3.05, 3.63) is 59.3 Å². The van der Waals surface area contributed by atoms with Crippen LogP contribution in [0.15, 0.2) is 42.5 Å². The molecule has 0 radical (unpaired) electrons. The highest BCUT2D eigenvalue weighted by atomic mass is 16.5. The van der Waals surface area contributed by atoms with Gasteiger partial charge in [-0.2, -0.15) is 0 Å². The Labute approximate surface area is 157 Å². The van der Waals surface area contributed by atoms with Crippen LogP contribution >= 0.6 is 0 Å². The number of ether oxygens (including phenoxy) is 1. The van der Waals surface area contributed by atoms with Gasteiger partial charge < -0.3 is 15.4 Å². The second-order valence-corrected chi connectivity index (χ2v) is 6.37. The fourth-order valence-electron chi connectivity index (χ4n) is 2.90. The SMILES string of the molecule is COc1ccc(NC(C)=O)cc1NC(=O)c1cc2cc(C)ccc2nc1C. The lowest BCUT2D eigenvalue weighted by Gasteiger charge is -2.13. The number of rotatable bonds is 4. The van der Waals surface area contributed by atoms with Gasteiger partial charge >= 0.3 is 0 Å². The monoisotopic (exact) mass is 363 g/mol. The van der Waals surface area contributed by atoms with Crippen LogP contribution in [0.25, 0.3) is 10.9 Å². The molecule has 3 rings (SSSR count). The number of methoxy groups -OCH3 is 1. The standard InChI is InChI=1S/C21H21N3O3/c1-12-5-7-18-15(9-12)10-17(13(2)22-18)21(26)24-19-11-16(23-14(3)25)6-8-20(19)27-4/h5-11H,1-4H3,(H,23,25)(H,24,26). The van der Waals surface area contributed by atoms with E-state index in [0.717, 1.165) is 16.5 Å². The number of hydrogen-bond acceptors (Lipinski definition) is 4. The van der Waals surface area contributed by atoms with Crippen molar-refractivity contribution in [3.63, 3.8) is 0 Å². The number of carbonyl (C=O) groups excluding carboxylic acids is 2. The maximum atomic E-state index is 12.9. The van der Waals surface area contributed by atoms with E-state index in [9.17, 15) is 9.59 Å². The molecule has 0 unspecified atom stereocenters. The predicted octanol–water partition coefficient (Wildman–Crippen LogP) is 4.07. The number of fused-ring (bicyclic) bond motifs is 1. The van der Waals surface area contributed by atoms with Gasteiger partial charge in [-0.1, -0.05) is 11.6 Å². The van der Waals surface area contributed by atoms with Gasteiger partial charge in [0.15, 0.2) is 0 Å². The molecule has 0 saturated carbocycles. The van der Waals surface area contributed by atoms with Crippen molar-refractivity contribution in [1.29, 1.82) is 0 Å². The van der Waals surface area contributed by atoms with Gasteiger partial charge in [0.1, 0.15) is 5.75 Å². The third kappa shape index (κ3) is 4.06. The Morgan fingerprint density at radius 2 is 1.78 bits per heavy atom. The maximum Gasteiger partial charge on any atom is 0.257 e. The smallest absolute Gasteiger partial charge is 0.257 e. The summed E-state index contributed by atoms with van der Waals surface area (Å²) >= 11 is 0. The number of amides is 2. The Bertz CT molecular complexity index is 1040. The largest absolute Gasteiger partial charge is 0.495 e. The summed E-state index contributed by atoms with van der Waals surface area (Å²) in [5.41, 5.74) is 4.12. The van der Waals surface area contributed by atoms with Crippen molar-refractivity contribution in [2.24, 2.45) is 0 Å². The van der Waals surface area contributed by atoms with Crippen molar-refractivity contribution in [2.45, 2.75) is 20.8 Å². The third-order valence-corrected chi connectivity index (χ3v) is 4.17. The summed E-state index contributed by atoms with van der Waals surface area (Å²) in [5, 5.41) is 6.46. The van der Waals surface area contributed by atoms with Gasteiger partial charge in [-0.25, -0.2) is 0 Å². The molecule has 138 valence electrons. The number of pyridine rings is 1. The highest BCUT2D eigenvalue weighted by molar-refractivity contribution is 6.07. The summed E-state index contributed by atoms with van der Waals surface area (Å²) in [4.78, 5) is 28.7. The maximum absolute atomic E-state index is 12.9. The van der Waals surface area contributed by atoms with E-state index in [-0.39, 0.29) is 11.8 Å². The molecular formula is C21H21N3O3. The normalized spacial score (nSPS) is 10.5. The lowest BCUT2D eigenvalue weighted by molar-refractivity contribution is -0.114. The van der Waals surface area contributed by atoms with Crippen LogP contribution in [0.4, 0.5) is 11.4 Å². The van der Waals surface area contributed by atoms with Gasteiger partial charge in [0.05, 0.1) is 29.6 Å². The molecule has 6 heteroatoms. The molecule has 0 atom stereocenters. The van der Waals surface area contributed by atoms with Crippen LogP contribution in [0.1, 0.15) is 28.5 Å². The van der Waals surface area contributed by atoms with Gasteiger partial charge in [-0.15, -0.1) is 0 Å². The Morgan fingerprint density at radius 1 is 1.00 bits per heavy atom. The van der Waals surface area contributed by atoms with E-state index in [4.69, 9.17) is 4.74 Å². The molecule has 0 aliphatic heterocycles. The molecule has 1 aromatic heterocycles. The summed E-state index contributed by atoms with van der Waals surface area (Å²) < 4.78 is 5.32. The molecule has 0 spiro atoms. The first kappa shape index (κ1) is 18.4. The Balaban J connectivity index is 1.96. The first-order chi connectivity index (χ1) is 12.9. The zero-order valence-electron chi connectivity index (χ0n) is 15.7. The van der Waals surface area contributed by atoms with Crippen LogP contribution in [0.2, 0.25) is 0 Å². The van der Waals surface area contributed by atoms with E-state index in [0.29, 0.717) is 28.4 Å². The van der Waals surface area contributed by atoms with Crippen LogP contribution in [-0.4, -0.2) is 23.9 Å². The molecule has 6 nitrogen and oxygen atoms in total. The zero-order chi connectivity index (χ0) is 19.6. The average Bonchev–Trinajstić information content (AvgIpc) is 2.61. The summed E-state index contributed by atoms with van der Waals surface area (Å²) in [6.07, 6.45) is 0. The van der Waals surface area contributed by atoms with E-state index >= 15 is 0 Å². The Kier molecular flexibility index (Phi) is 5.07. The molecule has 0 aliphatic rings. The first-order valence-electron chi connectivity index (χ1n) is 8.52. The van der Waals surface area contributed by atoms with E-state index in [1.807, 2.05) is 31.2 Å². The highest BCUT2D eigenvalue weighted by Crippen LogP contribution is 2.29. The molecule has 2 N–H and O–H groups in total. The van der Waals surface area contributed by atoms with Crippen molar-refractivity contribution in [2.75, 3.05) is 17.7 Å². The van der Waals surface area contributed by atoms with Crippen molar-refractivity contribution < 1.29 is 14.3 Å². The summed E-state index contributed by atoms with van der Waals surface area (Å²) in [6.45, 7) is 5.23. The molecule has 0 saturated heterocycles.